The monoisotopic (exact) mass is 271 g/mol. The van der Waals surface area contributed by atoms with E-state index in [0.29, 0.717) is 5.56 Å². The molecule has 104 valence electrons. The minimum atomic E-state index is -0.292. The molecule has 0 amide bonds. The third-order valence-corrected chi connectivity index (χ3v) is 3.16. The van der Waals surface area contributed by atoms with Gasteiger partial charge in [0.05, 0.1) is 6.42 Å². The van der Waals surface area contributed by atoms with Crippen LogP contribution in [0.3, 0.4) is 0 Å². The summed E-state index contributed by atoms with van der Waals surface area (Å²) >= 11 is 0. The summed E-state index contributed by atoms with van der Waals surface area (Å²) in [7, 11) is 1.68. The van der Waals surface area contributed by atoms with Crippen LogP contribution in [0.5, 0.6) is 0 Å². The molecule has 20 heavy (non-hydrogen) atoms. The molecule has 1 aromatic carbocycles. The first-order valence-corrected chi connectivity index (χ1v) is 6.42. The number of benzene rings is 1. The fourth-order valence-electron chi connectivity index (χ4n) is 1.86. The van der Waals surface area contributed by atoms with Crippen LogP contribution in [0.25, 0.3) is 0 Å². The number of aromatic nitrogens is 1. The van der Waals surface area contributed by atoms with Crippen molar-refractivity contribution in [3.63, 3.8) is 0 Å². The van der Waals surface area contributed by atoms with Crippen LogP contribution in [0.15, 0.2) is 47.4 Å². The van der Waals surface area contributed by atoms with Crippen LogP contribution < -0.4 is 5.56 Å². The fourth-order valence-corrected chi connectivity index (χ4v) is 1.86. The molecule has 0 aliphatic heterocycles. The minimum absolute atomic E-state index is 0.113. The first kappa shape index (κ1) is 14.1. The van der Waals surface area contributed by atoms with Gasteiger partial charge < -0.3 is 9.30 Å². The molecule has 0 aliphatic carbocycles. The zero-order valence-corrected chi connectivity index (χ0v) is 11.6. The third-order valence-electron chi connectivity index (χ3n) is 3.16. The average Bonchev–Trinajstić information content (AvgIpc) is 2.43. The number of nitrogens with zero attached hydrogens (tertiary/aromatic N) is 1. The van der Waals surface area contributed by atoms with E-state index in [1.165, 1.54) is 10.6 Å². The summed E-state index contributed by atoms with van der Waals surface area (Å²) < 4.78 is 6.67. The maximum atomic E-state index is 11.8. The lowest BCUT2D eigenvalue weighted by Gasteiger charge is -2.07. The van der Waals surface area contributed by atoms with Gasteiger partial charge in [-0.15, -0.1) is 0 Å². The van der Waals surface area contributed by atoms with E-state index in [4.69, 9.17) is 4.74 Å². The highest BCUT2D eigenvalue weighted by Crippen LogP contribution is 2.09. The zero-order chi connectivity index (χ0) is 14.5. The van der Waals surface area contributed by atoms with E-state index in [1.807, 2.05) is 31.2 Å². The highest BCUT2D eigenvalue weighted by atomic mass is 16.5. The Bertz CT molecular complexity index is 673. The molecular formula is C16H17NO3. The van der Waals surface area contributed by atoms with E-state index in [0.717, 1.165) is 11.1 Å². The molecule has 2 rings (SSSR count). The van der Waals surface area contributed by atoms with Crippen LogP contribution in [0.2, 0.25) is 0 Å². The number of esters is 1. The molecule has 0 atom stereocenters. The van der Waals surface area contributed by atoms with E-state index in [1.54, 1.807) is 19.3 Å². The fraction of sp³-hybridized carbons (Fsp3) is 0.250. The number of ether oxygens (including phenoxy) is 1. The lowest BCUT2D eigenvalue weighted by molar-refractivity contribution is -0.144. The van der Waals surface area contributed by atoms with Gasteiger partial charge >= 0.3 is 5.97 Å². The molecule has 4 heteroatoms. The van der Waals surface area contributed by atoms with Gasteiger partial charge in [-0.3, -0.25) is 9.59 Å². The van der Waals surface area contributed by atoms with E-state index in [9.17, 15) is 9.59 Å². The lowest BCUT2D eigenvalue weighted by Crippen LogP contribution is -2.16. The van der Waals surface area contributed by atoms with E-state index < -0.39 is 0 Å². The predicted molar refractivity (Wildman–Crippen MR) is 76.4 cm³/mol. The summed E-state index contributed by atoms with van der Waals surface area (Å²) in [4.78, 5) is 23.2. The summed E-state index contributed by atoms with van der Waals surface area (Å²) in [6, 6.07) is 10.9. The molecule has 0 fully saturated rings. The van der Waals surface area contributed by atoms with Crippen molar-refractivity contribution in [3.05, 3.63) is 69.6 Å². The Balaban J connectivity index is 1.94. The van der Waals surface area contributed by atoms with Crippen LogP contribution in [-0.2, 0) is 29.6 Å². The molecule has 0 spiro atoms. The van der Waals surface area contributed by atoms with Crippen molar-refractivity contribution in [2.75, 3.05) is 0 Å². The molecule has 2 aromatic rings. The second kappa shape index (κ2) is 6.19. The Morgan fingerprint density at radius 1 is 1.25 bits per heavy atom. The maximum Gasteiger partial charge on any atom is 0.310 e. The lowest BCUT2D eigenvalue weighted by atomic mass is 10.1. The summed E-state index contributed by atoms with van der Waals surface area (Å²) in [5.74, 6) is -0.292. The number of carbonyl (C=O) groups excluding carboxylic acids is 1. The predicted octanol–water partition coefficient (Wildman–Crippen LogP) is 1.98. The molecule has 0 N–H and O–H groups in total. The molecule has 0 saturated carbocycles. The third kappa shape index (κ3) is 3.57. The number of rotatable bonds is 4. The number of pyridine rings is 1. The largest absolute Gasteiger partial charge is 0.461 e. The molecular weight excluding hydrogens is 254 g/mol. The second-order valence-electron chi connectivity index (χ2n) is 4.75. The van der Waals surface area contributed by atoms with E-state index in [-0.39, 0.29) is 24.6 Å². The number of carbonyl (C=O) groups is 1. The smallest absolute Gasteiger partial charge is 0.310 e. The van der Waals surface area contributed by atoms with Crippen LogP contribution in [0.1, 0.15) is 16.7 Å². The van der Waals surface area contributed by atoms with Gasteiger partial charge in [-0.1, -0.05) is 24.3 Å². The van der Waals surface area contributed by atoms with Crippen molar-refractivity contribution in [3.8, 4) is 0 Å². The zero-order valence-electron chi connectivity index (χ0n) is 11.6. The molecule has 0 unspecified atom stereocenters. The summed E-state index contributed by atoms with van der Waals surface area (Å²) in [6.07, 6.45) is 1.91. The topological polar surface area (TPSA) is 48.3 Å². The first-order valence-electron chi connectivity index (χ1n) is 6.42. The van der Waals surface area contributed by atoms with Crippen LogP contribution in [-0.4, -0.2) is 10.5 Å². The molecule has 0 aliphatic rings. The Labute approximate surface area is 117 Å². The summed E-state index contributed by atoms with van der Waals surface area (Å²) in [5.41, 5.74) is 2.61. The Hall–Kier alpha value is -2.36. The van der Waals surface area contributed by atoms with Crippen molar-refractivity contribution >= 4 is 5.97 Å². The summed E-state index contributed by atoms with van der Waals surface area (Å²) in [5, 5.41) is 0. The van der Waals surface area contributed by atoms with Crippen LogP contribution >= 0.6 is 0 Å². The van der Waals surface area contributed by atoms with Crippen molar-refractivity contribution in [1.29, 1.82) is 0 Å². The van der Waals surface area contributed by atoms with Crippen LogP contribution in [0, 0.1) is 6.92 Å². The van der Waals surface area contributed by atoms with Gasteiger partial charge in [0, 0.05) is 19.3 Å². The van der Waals surface area contributed by atoms with Crippen molar-refractivity contribution in [2.45, 2.75) is 20.0 Å². The minimum Gasteiger partial charge on any atom is -0.461 e. The SMILES string of the molecule is Cc1ccccc1CC(=O)OCc1ccn(C)c(=O)c1. The van der Waals surface area contributed by atoms with Gasteiger partial charge in [0.25, 0.3) is 5.56 Å². The normalized spacial score (nSPS) is 10.3. The Morgan fingerprint density at radius 2 is 2.00 bits per heavy atom. The van der Waals surface area contributed by atoms with Crippen molar-refractivity contribution < 1.29 is 9.53 Å². The van der Waals surface area contributed by atoms with Gasteiger partial charge in [-0.2, -0.15) is 0 Å². The highest BCUT2D eigenvalue weighted by molar-refractivity contribution is 5.73. The van der Waals surface area contributed by atoms with E-state index in [2.05, 4.69) is 0 Å². The standard InChI is InChI=1S/C16H17NO3/c1-12-5-3-4-6-14(12)10-16(19)20-11-13-7-8-17(2)15(18)9-13/h3-9H,10-11H2,1-2H3. The molecule has 0 saturated heterocycles. The van der Waals surface area contributed by atoms with Gasteiger partial charge in [-0.25, -0.2) is 0 Å². The van der Waals surface area contributed by atoms with Crippen molar-refractivity contribution in [2.24, 2.45) is 7.05 Å². The highest BCUT2D eigenvalue weighted by Gasteiger charge is 2.07. The molecule has 1 heterocycles. The average molecular weight is 271 g/mol. The maximum absolute atomic E-state index is 11.8. The molecule has 4 nitrogen and oxygen atoms in total. The number of aryl methyl sites for hydroxylation is 2. The quantitative estimate of drug-likeness (QED) is 0.799. The molecule has 1 aromatic heterocycles. The van der Waals surface area contributed by atoms with Crippen molar-refractivity contribution in [1.82, 2.24) is 4.57 Å². The van der Waals surface area contributed by atoms with Gasteiger partial charge in [0.15, 0.2) is 0 Å². The number of hydrogen-bond donors (Lipinski definition) is 0. The van der Waals surface area contributed by atoms with Gasteiger partial charge in [-0.05, 0) is 29.7 Å². The van der Waals surface area contributed by atoms with Crippen LogP contribution in [0.4, 0.5) is 0 Å². The Kier molecular flexibility index (Phi) is 4.35. The Morgan fingerprint density at radius 3 is 2.70 bits per heavy atom. The van der Waals surface area contributed by atoms with Gasteiger partial charge in [0.1, 0.15) is 6.61 Å². The second-order valence-corrected chi connectivity index (χ2v) is 4.75. The molecule has 0 radical (unpaired) electrons. The molecule has 0 bridgehead atoms. The van der Waals surface area contributed by atoms with E-state index >= 15 is 0 Å². The van der Waals surface area contributed by atoms with Gasteiger partial charge in [0.2, 0.25) is 0 Å². The number of hydrogen-bond acceptors (Lipinski definition) is 3. The summed E-state index contributed by atoms with van der Waals surface area (Å²) in [6.45, 7) is 2.09. The first-order chi connectivity index (χ1) is 9.56.